The summed E-state index contributed by atoms with van der Waals surface area (Å²) in [6, 6.07) is 5.17. The number of hydrogen-bond acceptors (Lipinski definition) is 4. The van der Waals surface area contributed by atoms with E-state index >= 15 is 0 Å². The molecule has 1 saturated heterocycles. The standard InChI is InChI=1S/C105H83NO3/c1-5-8-11-14-17-20-23-26-29-32-35-107-43-38-41(39-44(108-36-33-30-27-24-21-18-15-12-9-6-2)103(43)109-37-34-31-28-25-22-19-16-13-10-7-3)42-40-104-99-91-83-73-63-55-47-45-46-49-53-51(47)59-67-61(53)71-65-57(49)58-50(46)54-52-48(45)56(55)64-70-60(52)68-62(54)72-66(58)76-75(65)87-81(71)89-79(67)85(77(83)69(59)63)93(99)95(89)101-97(87)98-88(76)82(72)90-80(68)86-78(70)84(74(64)73)92(91)100(104)94(86)96(90)102(98)105(101,104)106(42)4/h38-39,42H,5-37,40H2,1-4H3. The third-order valence-corrected chi connectivity index (χ3v) is 34.6. The summed E-state index contributed by atoms with van der Waals surface area (Å²) in [7, 11) is 2.70. The van der Waals surface area contributed by atoms with Crippen LogP contribution in [0, 0.1) is 0 Å². The first-order chi connectivity index (χ1) is 54.2. The van der Waals surface area contributed by atoms with Crippen LogP contribution in [-0.4, -0.2) is 31.8 Å². The molecular weight excluding hydrogens is 1320 g/mol. The van der Waals surface area contributed by atoms with Crippen molar-refractivity contribution in [2.45, 2.75) is 237 Å². The van der Waals surface area contributed by atoms with Gasteiger partial charge in [-0.2, -0.15) is 0 Å². The summed E-state index contributed by atoms with van der Waals surface area (Å²) in [5.74, 6) is 2.72. The first kappa shape index (κ1) is 56.3. The van der Waals surface area contributed by atoms with Crippen molar-refractivity contribution in [1.29, 1.82) is 0 Å². The van der Waals surface area contributed by atoms with Crippen LogP contribution in [0.15, 0.2) is 12.1 Å². The highest BCUT2D eigenvalue weighted by atomic mass is 16.5. The van der Waals surface area contributed by atoms with E-state index in [2.05, 4.69) is 44.9 Å². The van der Waals surface area contributed by atoms with Gasteiger partial charge in [0.1, 0.15) is 0 Å². The molecule has 526 valence electrons. The van der Waals surface area contributed by atoms with Gasteiger partial charge in [-0.1, -0.05) is 194 Å². The smallest absolute Gasteiger partial charge is 0.203 e. The minimum atomic E-state index is -0.498. The number of rotatable bonds is 37. The topological polar surface area (TPSA) is 30.9 Å². The van der Waals surface area contributed by atoms with Crippen molar-refractivity contribution in [3.05, 3.63) is 39.9 Å². The zero-order chi connectivity index (χ0) is 69.5. The second-order valence-electron chi connectivity index (χ2n) is 38.6. The minimum Gasteiger partial charge on any atom is -0.490 e. The predicted octanol–water partition coefficient (Wildman–Crippen LogP) is 31.2. The number of hydrogen-bond donors (Lipinski definition) is 0. The van der Waals surface area contributed by atoms with E-state index in [1.165, 1.54) is 179 Å². The van der Waals surface area contributed by atoms with Gasteiger partial charge in [0.15, 0.2) is 11.5 Å². The maximum absolute atomic E-state index is 7.53. The quantitative estimate of drug-likeness (QED) is 0.0287. The van der Waals surface area contributed by atoms with Gasteiger partial charge in [0.25, 0.3) is 0 Å². The molecule has 0 amide bonds. The summed E-state index contributed by atoms with van der Waals surface area (Å²) in [6.45, 7) is 9.08. The maximum Gasteiger partial charge on any atom is 0.203 e. The zero-order valence-electron chi connectivity index (χ0n) is 63.4. The molecule has 4 heteroatoms. The molecule has 29 aromatic carbocycles. The lowest BCUT2D eigenvalue weighted by atomic mass is 9.53. The van der Waals surface area contributed by atoms with E-state index < -0.39 is 11.0 Å². The van der Waals surface area contributed by atoms with Gasteiger partial charge in [-0.15, -0.1) is 0 Å². The van der Waals surface area contributed by atoms with Crippen molar-refractivity contribution in [2.24, 2.45) is 0 Å². The Morgan fingerprint density at radius 2 is 0.422 bits per heavy atom. The van der Waals surface area contributed by atoms with Gasteiger partial charge in [0.2, 0.25) is 5.75 Å². The van der Waals surface area contributed by atoms with Gasteiger partial charge in [-0.05, 0) is 364 Å². The highest BCUT2D eigenvalue weighted by Gasteiger charge is 2.75. The normalized spacial score (nSPS) is 19.6. The fourth-order valence-corrected chi connectivity index (χ4v) is 31.8. The van der Waals surface area contributed by atoms with E-state index in [0.29, 0.717) is 19.8 Å². The average Bonchev–Trinajstić information content (AvgIpc) is 1.38. The molecule has 0 saturated carbocycles. The number of benzene rings is 19. The fourth-order valence-electron chi connectivity index (χ4n) is 31.8. The van der Waals surface area contributed by atoms with Crippen LogP contribution in [0.3, 0.4) is 0 Å². The lowest BCUT2D eigenvalue weighted by Crippen LogP contribution is -2.54. The third-order valence-electron chi connectivity index (χ3n) is 34.6. The second-order valence-corrected chi connectivity index (χ2v) is 38.6. The van der Waals surface area contributed by atoms with Gasteiger partial charge in [-0.25, -0.2) is 0 Å². The van der Waals surface area contributed by atoms with Gasteiger partial charge < -0.3 is 14.2 Å². The van der Waals surface area contributed by atoms with Crippen LogP contribution in [0.25, 0.3) is 291 Å². The average molecular weight is 1410 g/mol. The number of unbranched alkanes of at least 4 members (excludes halogenated alkanes) is 27. The molecular formula is C105H83NO3. The van der Waals surface area contributed by atoms with E-state index in [1.807, 2.05) is 0 Å². The Balaban J connectivity index is 0.650. The molecule has 4 aliphatic carbocycles. The third kappa shape index (κ3) is 4.86. The van der Waals surface area contributed by atoms with Crippen molar-refractivity contribution in [1.82, 2.24) is 4.90 Å². The molecule has 0 bridgehead atoms. The van der Waals surface area contributed by atoms with Crippen molar-refractivity contribution >= 4 is 291 Å². The van der Waals surface area contributed by atoms with Crippen LogP contribution in [0.1, 0.15) is 254 Å². The molecule has 1 unspecified atom stereocenters. The summed E-state index contributed by atoms with van der Waals surface area (Å²) in [4.78, 5) is 3.15. The minimum absolute atomic E-state index is 0.0372. The van der Waals surface area contributed by atoms with Crippen LogP contribution in [0.5, 0.6) is 17.2 Å². The molecule has 0 aromatic heterocycles. The molecule has 4 nitrogen and oxygen atoms in total. The van der Waals surface area contributed by atoms with Crippen molar-refractivity contribution in [3.63, 3.8) is 0 Å². The van der Waals surface area contributed by atoms with Crippen LogP contribution in [-0.2, 0) is 11.0 Å². The van der Waals surface area contributed by atoms with Crippen molar-refractivity contribution in [3.8, 4) is 17.2 Å². The highest BCUT2D eigenvalue weighted by molar-refractivity contribution is 6.82. The highest BCUT2D eigenvalue weighted by Crippen LogP contribution is 2.87. The molecule has 1 fully saturated rings. The molecule has 1 atom stereocenters. The SMILES string of the molecule is CCCCCCCCCCCCOc1cc(C2CC34c5c6c7c8c9c%10c(c%11c%12c3c3c5c5c%13c6c6c7c7c9c9c%14c%10c%10c%11c%11c%12c%12c3c3c5c5c%13c%13c6c6c7c9c7c9c%14c%10c%10c%11c%11c%12c3c3c5c5c%13c6c7c6c9c%10c%11c3c56)C84N2C)cc(OCCCCCCCCCCCC)c1OCCCCCCCCCCCC. The second kappa shape index (κ2) is 17.4. The fraction of sp³-hybridized carbons (Fsp3) is 0.390. The van der Waals surface area contributed by atoms with Crippen LogP contribution in [0.2, 0.25) is 0 Å². The maximum atomic E-state index is 7.53. The summed E-state index contributed by atoms with van der Waals surface area (Å²) >= 11 is 0. The van der Waals surface area contributed by atoms with Crippen LogP contribution < -0.4 is 14.2 Å². The number of likely N-dealkylation sites (tertiary alicyclic amines) is 1. The Morgan fingerprint density at radius 1 is 0.239 bits per heavy atom. The monoisotopic (exact) mass is 1410 g/mol. The number of nitrogens with zero attached hydrogens (tertiary/aromatic N) is 1. The first-order valence-corrected chi connectivity index (χ1v) is 44.7. The zero-order valence-corrected chi connectivity index (χ0v) is 63.4. The van der Waals surface area contributed by atoms with Gasteiger partial charge in [0.05, 0.1) is 30.8 Å². The Kier molecular flexibility index (Phi) is 8.97. The molecule has 0 N–H and O–H groups in total. The molecule has 109 heavy (non-hydrogen) atoms. The summed E-state index contributed by atoms with van der Waals surface area (Å²) in [5, 5.41) is 89.8. The lowest BCUT2D eigenvalue weighted by molar-refractivity contribution is 0.147. The van der Waals surface area contributed by atoms with Crippen LogP contribution >= 0.6 is 0 Å². The predicted molar refractivity (Wildman–Crippen MR) is 467 cm³/mol. The molecule has 0 radical (unpaired) electrons. The molecule has 2 spiro atoms. The van der Waals surface area contributed by atoms with E-state index in [4.69, 9.17) is 14.2 Å². The Hall–Kier alpha value is -8.96. The van der Waals surface area contributed by atoms with E-state index in [9.17, 15) is 0 Å². The Morgan fingerprint density at radius 3 is 0.642 bits per heavy atom. The molecule has 29 aromatic rings. The Labute approximate surface area is 626 Å². The van der Waals surface area contributed by atoms with E-state index in [1.54, 1.807) is 313 Å². The van der Waals surface area contributed by atoms with E-state index in [0.717, 1.165) is 42.9 Å². The summed E-state index contributed by atoms with van der Waals surface area (Å²) in [5.41, 5.74) is 7.42. The molecule has 5 aliphatic rings. The molecule has 1 heterocycles. The molecule has 34 rings (SSSR count). The number of ether oxygens (including phenoxy) is 3. The first-order valence-electron chi connectivity index (χ1n) is 44.7. The van der Waals surface area contributed by atoms with Crippen LogP contribution in [0.4, 0.5) is 0 Å². The van der Waals surface area contributed by atoms with Gasteiger partial charge in [-0.3, -0.25) is 4.90 Å². The van der Waals surface area contributed by atoms with Gasteiger partial charge >= 0.3 is 0 Å². The van der Waals surface area contributed by atoms with E-state index in [-0.39, 0.29) is 6.04 Å². The summed E-state index contributed by atoms with van der Waals surface area (Å²) in [6.07, 6.45) is 40.2. The largest absolute Gasteiger partial charge is 0.490 e. The van der Waals surface area contributed by atoms with Gasteiger partial charge in [0, 0.05) is 6.04 Å². The van der Waals surface area contributed by atoms with Crippen molar-refractivity contribution in [2.75, 3.05) is 26.9 Å². The van der Waals surface area contributed by atoms with Crippen molar-refractivity contribution < 1.29 is 14.2 Å². The lowest BCUT2D eigenvalue weighted by Gasteiger charge is -2.52. The molecule has 1 aliphatic heterocycles. The Bertz CT molecular complexity index is 8080. The number of likely N-dealkylation sites (N-methyl/N-ethyl adjacent to an activating group) is 1. The summed E-state index contributed by atoms with van der Waals surface area (Å²) < 4.78 is 22.4.